The third-order valence-electron chi connectivity index (χ3n) is 9.87. The normalized spacial score (nSPS) is 17.9. The summed E-state index contributed by atoms with van der Waals surface area (Å²) in [7, 11) is 0. The molecule has 0 heterocycles. The molecule has 1 aliphatic rings. The number of aryl methyl sites for hydroxylation is 2. The van der Waals surface area contributed by atoms with E-state index in [9.17, 15) is 19.8 Å². The molecule has 0 amide bonds. The fraction of sp³-hybridized carbons (Fsp3) is 0.692. The number of esters is 2. The van der Waals surface area contributed by atoms with Gasteiger partial charge in [0, 0.05) is 35.7 Å². The van der Waals surface area contributed by atoms with Crippen molar-refractivity contribution in [3.8, 4) is 0 Å². The summed E-state index contributed by atoms with van der Waals surface area (Å²) >= 11 is 0. The highest BCUT2D eigenvalue weighted by molar-refractivity contribution is 5.88. The minimum Gasteiger partial charge on any atom is -0.462 e. The number of aliphatic hydroxyl groups is 2. The number of ether oxygens (including phenoxy) is 2. The van der Waals surface area contributed by atoms with E-state index in [0.29, 0.717) is 35.8 Å². The Morgan fingerprint density at radius 3 is 2.16 bits per heavy atom. The molecular formula is C39H62O6. The lowest BCUT2D eigenvalue weighted by Crippen LogP contribution is -2.35. The van der Waals surface area contributed by atoms with Crippen LogP contribution in [-0.4, -0.2) is 48.6 Å². The molecule has 0 bridgehead atoms. The van der Waals surface area contributed by atoms with Crippen LogP contribution in [0.25, 0.3) is 0 Å². The summed E-state index contributed by atoms with van der Waals surface area (Å²) in [6.45, 7) is 15.9. The first-order chi connectivity index (χ1) is 21.6. The van der Waals surface area contributed by atoms with Gasteiger partial charge in [0.25, 0.3) is 0 Å². The maximum absolute atomic E-state index is 12.9. The molecule has 2 N–H and O–H groups in total. The largest absolute Gasteiger partial charge is 0.462 e. The van der Waals surface area contributed by atoms with Gasteiger partial charge in [-0.2, -0.15) is 0 Å². The zero-order valence-corrected chi connectivity index (χ0v) is 28.8. The van der Waals surface area contributed by atoms with Crippen LogP contribution >= 0.6 is 0 Å². The van der Waals surface area contributed by atoms with Crippen LogP contribution in [0.3, 0.4) is 0 Å². The zero-order valence-electron chi connectivity index (χ0n) is 28.8. The fourth-order valence-corrected chi connectivity index (χ4v) is 6.70. The Bertz CT molecular complexity index is 1070. The van der Waals surface area contributed by atoms with Crippen LogP contribution in [0.1, 0.15) is 134 Å². The molecular weight excluding hydrogens is 564 g/mol. The number of aliphatic hydroxyl groups excluding tert-OH is 2. The summed E-state index contributed by atoms with van der Waals surface area (Å²) in [5, 5.41) is 18.7. The molecule has 1 unspecified atom stereocenters. The lowest BCUT2D eigenvalue weighted by atomic mass is 9.73. The van der Waals surface area contributed by atoms with Gasteiger partial charge in [0.15, 0.2) is 0 Å². The monoisotopic (exact) mass is 626 g/mol. The Morgan fingerprint density at radius 2 is 1.58 bits per heavy atom. The van der Waals surface area contributed by atoms with Crippen LogP contribution in [0, 0.1) is 17.3 Å². The van der Waals surface area contributed by atoms with E-state index in [4.69, 9.17) is 9.47 Å². The van der Waals surface area contributed by atoms with Crippen molar-refractivity contribution in [3.63, 3.8) is 0 Å². The van der Waals surface area contributed by atoms with Gasteiger partial charge in [-0.15, -0.1) is 0 Å². The van der Waals surface area contributed by atoms with E-state index < -0.39 is 17.4 Å². The lowest BCUT2D eigenvalue weighted by molar-refractivity contribution is -0.150. The summed E-state index contributed by atoms with van der Waals surface area (Å²) in [5.74, 6) is 0.0199. The molecule has 1 fully saturated rings. The van der Waals surface area contributed by atoms with E-state index in [1.165, 1.54) is 68.1 Å². The number of carbonyl (C=O) groups excluding carboxylic acids is 2. The first kappa shape index (κ1) is 38.7. The maximum atomic E-state index is 12.9. The van der Waals surface area contributed by atoms with Crippen LogP contribution in [0.15, 0.2) is 42.5 Å². The molecule has 1 aromatic carbocycles. The first-order valence-electron chi connectivity index (χ1n) is 17.6. The van der Waals surface area contributed by atoms with Gasteiger partial charge in [-0.3, -0.25) is 0 Å². The maximum Gasteiger partial charge on any atom is 0.333 e. The highest BCUT2D eigenvalue weighted by atomic mass is 16.5. The molecule has 0 radical (unpaired) electrons. The average Bonchev–Trinajstić information content (AvgIpc) is 3.05. The van der Waals surface area contributed by atoms with Crippen molar-refractivity contribution in [2.24, 2.45) is 17.3 Å². The Hall–Kier alpha value is -2.44. The van der Waals surface area contributed by atoms with E-state index >= 15 is 0 Å². The topological polar surface area (TPSA) is 93.1 Å². The van der Waals surface area contributed by atoms with Crippen molar-refractivity contribution in [2.45, 2.75) is 130 Å². The average molecular weight is 627 g/mol. The Kier molecular flexibility index (Phi) is 17.8. The Balaban J connectivity index is 2.03. The van der Waals surface area contributed by atoms with E-state index in [0.717, 1.165) is 32.1 Å². The lowest BCUT2D eigenvalue weighted by Gasteiger charge is -2.36. The number of carbonyl (C=O) groups is 2. The fourth-order valence-electron chi connectivity index (χ4n) is 6.70. The zero-order chi connectivity index (χ0) is 33.2. The molecule has 0 aliphatic heterocycles. The molecule has 1 atom stereocenters. The minimum absolute atomic E-state index is 0.139. The van der Waals surface area contributed by atoms with Crippen molar-refractivity contribution in [2.75, 3.05) is 26.4 Å². The van der Waals surface area contributed by atoms with E-state index in [1.54, 1.807) is 6.92 Å². The van der Waals surface area contributed by atoms with Crippen LogP contribution in [-0.2, 0) is 31.9 Å². The van der Waals surface area contributed by atoms with Gasteiger partial charge in [0.1, 0.15) is 13.2 Å². The van der Waals surface area contributed by atoms with Crippen LogP contribution in [0.2, 0.25) is 0 Å². The van der Waals surface area contributed by atoms with Gasteiger partial charge in [-0.25, -0.2) is 9.59 Å². The van der Waals surface area contributed by atoms with Crippen LogP contribution in [0.5, 0.6) is 0 Å². The number of hydrogen-bond donors (Lipinski definition) is 2. The summed E-state index contributed by atoms with van der Waals surface area (Å²) in [6.07, 6.45) is 15.1. The van der Waals surface area contributed by atoms with Crippen molar-refractivity contribution < 1.29 is 29.3 Å². The van der Waals surface area contributed by atoms with Gasteiger partial charge >= 0.3 is 11.9 Å². The molecule has 1 aromatic rings. The summed E-state index contributed by atoms with van der Waals surface area (Å²) in [5.41, 5.74) is 4.73. The van der Waals surface area contributed by atoms with Crippen molar-refractivity contribution in [1.29, 1.82) is 0 Å². The van der Waals surface area contributed by atoms with Crippen LogP contribution < -0.4 is 0 Å². The molecule has 0 spiro atoms. The summed E-state index contributed by atoms with van der Waals surface area (Å²) in [6, 6.07) is 7.24. The number of rotatable bonds is 22. The highest BCUT2D eigenvalue weighted by Crippen LogP contribution is 2.41. The molecule has 45 heavy (non-hydrogen) atoms. The molecule has 1 saturated carbocycles. The number of unbranched alkanes of at least 4 members (excludes halogenated alkanes) is 2. The van der Waals surface area contributed by atoms with Gasteiger partial charge in [-0.1, -0.05) is 71.4 Å². The van der Waals surface area contributed by atoms with Crippen molar-refractivity contribution >= 4 is 11.9 Å². The van der Waals surface area contributed by atoms with Gasteiger partial charge in [0.05, 0.1) is 0 Å². The first-order valence-corrected chi connectivity index (χ1v) is 17.6. The van der Waals surface area contributed by atoms with Gasteiger partial charge in [0.2, 0.25) is 0 Å². The second-order valence-corrected chi connectivity index (χ2v) is 13.7. The molecule has 2 rings (SSSR count). The van der Waals surface area contributed by atoms with Crippen molar-refractivity contribution in [1.82, 2.24) is 0 Å². The molecule has 6 heteroatoms. The summed E-state index contributed by atoms with van der Waals surface area (Å²) in [4.78, 5) is 25.2. The van der Waals surface area contributed by atoms with E-state index in [2.05, 4.69) is 52.1 Å². The SMILES string of the molecule is C=C(C)C(=O)OCC(CCC)(CCC1CCC(c2ccc(CCCCC)c(CC)c2)CC1)COC(=O)C(=C)CCC(CO)CO. The standard InChI is InChI=1S/C39H62O6/c1-7-10-11-12-34-19-20-36(24-33(34)9-3)35-17-15-31(16-18-35)21-23-39(22-8-2,27-44-37(42)29(4)5)28-45-38(43)30(6)13-14-32(25-40)26-41/h19-20,24,31-32,35,40-41H,4,6-18,21-23,25-28H2,1-3,5H3. The second-order valence-electron chi connectivity index (χ2n) is 13.7. The predicted octanol–water partition coefficient (Wildman–Crippen LogP) is 8.42. The highest BCUT2D eigenvalue weighted by Gasteiger charge is 2.35. The van der Waals surface area contributed by atoms with E-state index in [1.807, 2.05) is 0 Å². The Labute approximate surface area is 273 Å². The quantitative estimate of drug-likeness (QED) is 0.0763. The third-order valence-corrected chi connectivity index (χ3v) is 9.87. The smallest absolute Gasteiger partial charge is 0.333 e. The summed E-state index contributed by atoms with van der Waals surface area (Å²) < 4.78 is 11.5. The van der Waals surface area contributed by atoms with E-state index in [-0.39, 0.29) is 32.3 Å². The minimum atomic E-state index is -0.477. The number of hydrogen-bond acceptors (Lipinski definition) is 6. The van der Waals surface area contributed by atoms with Crippen LogP contribution in [0.4, 0.5) is 0 Å². The Morgan fingerprint density at radius 1 is 0.911 bits per heavy atom. The van der Waals surface area contributed by atoms with Gasteiger partial charge in [-0.05, 0) is 112 Å². The molecule has 6 nitrogen and oxygen atoms in total. The second kappa shape index (κ2) is 20.6. The van der Waals surface area contributed by atoms with Gasteiger partial charge < -0.3 is 19.7 Å². The number of benzene rings is 1. The predicted molar refractivity (Wildman–Crippen MR) is 183 cm³/mol. The molecule has 0 saturated heterocycles. The van der Waals surface area contributed by atoms with Crippen molar-refractivity contribution in [3.05, 3.63) is 59.2 Å². The molecule has 1 aliphatic carbocycles. The molecule has 0 aromatic heterocycles. The molecule has 254 valence electrons. The third kappa shape index (κ3) is 13.1.